The first-order valence-corrected chi connectivity index (χ1v) is 9.69. The van der Waals surface area contributed by atoms with E-state index in [1.165, 1.54) is 29.4 Å². The molecular weight excluding hydrogens is 346 g/mol. The van der Waals surface area contributed by atoms with Crippen molar-refractivity contribution in [2.75, 3.05) is 38.6 Å². The van der Waals surface area contributed by atoms with Crippen molar-refractivity contribution < 1.29 is 9.53 Å². The molecule has 1 aliphatic rings. The van der Waals surface area contributed by atoms with Gasteiger partial charge in [0.2, 0.25) is 5.91 Å². The van der Waals surface area contributed by atoms with Gasteiger partial charge in [0.05, 0.1) is 24.5 Å². The minimum Gasteiger partial charge on any atom is -0.379 e. The van der Waals surface area contributed by atoms with Gasteiger partial charge in [0.25, 0.3) is 0 Å². The van der Waals surface area contributed by atoms with Crippen LogP contribution in [0.5, 0.6) is 0 Å². The van der Waals surface area contributed by atoms with Gasteiger partial charge in [-0.25, -0.2) is 15.0 Å². The van der Waals surface area contributed by atoms with Crippen LogP contribution in [0.2, 0.25) is 0 Å². The van der Waals surface area contributed by atoms with Gasteiger partial charge in [-0.2, -0.15) is 0 Å². The van der Waals surface area contributed by atoms with Crippen molar-refractivity contribution in [1.29, 1.82) is 0 Å². The van der Waals surface area contributed by atoms with Crippen LogP contribution in [0.3, 0.4) is 0 Å². The molecule has 2 aromatic heterocycles. The van der Waals surface area contributed by atoms with Crippen LogP contribution in [-0.2, 0) is 9.53 Å². The van der Waals surface area contributed by atoms with E-state index >= 15 is 0 Å². The minimum absolute atomic E-state index is 0.00308. The number of fused-ring (bicyclic) bond motifs is 1. The largest absolute Gasteiger partial charge is 0.379 e. The Labute approximate surface area is 149 Å². The predicted molar refractivity (Wildman–Crippen MR) is 95.4 cm³/mol. The van der Waals surface area contributed by atoms with Gasteiger partial charge in [-0.05, 0) is 13.8 Å². The Morgan fingerprint density at radius 2 is 2.17 bits per heavy atom. The maximum Gasteiger partial charge on any atom is 0.230 e. The normalized spacial score (nSPS) is 16.4. The van der Waals surface area contributed by atoms with Crippen LogP contribution in [0.15, 0.2) is 16.9 Å². The standard InChI is InChI=1S/C15H21N5O2S2/c1-15(2,20-3-5-22-6-4-20)8-16-11(21)7-23-13-12-14(18-9-17-13)24-10-19-12/h9-10H,3-8H2,1-2H3,(H,16,21). The number of carbonyl (C=O) groups is 1. The van der Waals surface area contributed by atoms with Crippen LogP contribution in [0.25, 0.3) is 10.3 Å². The fraction of sp³-hybridized carbons (Fsp3) is 0.600. The van der Waals surface area contributed by atoms with Gasteiger partial charge < -0.3 is 10.1 Å². The fourth-order valence-corrected chi connectivity index (χ4v) is 4.03. The van der Waals surface area contributed by atoms with E-state index in [4.69, 9.17) is 4.74 Å². The molecule has 1 fully saturated rings. The van der Waals surface area contributed by atoms with Crippen LogP contribution in [0.4, 0.5) is 0 Å². The Morgan fingerprint density at radius 3 is 2.96 bits per heavy atom. The quantitative estimate of drug-likeness (QED) is 0.611. The smallest absolute Gasteiger partial charge is 0.230 e. The van der Waals surface area contributed by atoms with Crippen molar-refractivity contribution in [3.8, 4) is 0 Å². The Kier molecular flexibility index (Phi) is 5.65. The number of rotatable bonds is 6. The minimum atomic E-state index is -0.0821. The molecule has 1 aliphatic heterocycles. The summed E-state index contributed by atoms with van der Waals surface area (Å²) in [5, 5.41) is 3.78. The molecule has 1 N–H and O–H groups in total. The summed E-state index contributed by atoms with van der Waals surface area (Å²) < 4.78 is 5.39. The second-order valence-corrected chi connectivity index (χ2v) is 7.96. The molecule has 0 atom stereocenters. The van der Waals surface area contributed by atoms with Crippen molar-refractivity contribution in [2.45, 2.75) is 24.4 Å². The highest BCUT2D eigenvalue weighted by molar-refractivity contribution is 8.00. The zero-order valence-corrected chi connectivity index (χ0v) is 15.5. The number of nitrogens with zero attached hydrogens (tertiary/aromatic N) is 4. The first-order chi connectivity index (χ1) is 11.6. The van der Waals surface area contributed by atoms with Crippen LogP contribution in [-0.4, -0.2) is 69.9 Å². The van der Waals surface area contributed by atoms with Gasteiger partial charge in [0.15, 0.2) is 0 Å². The molecule has 0 aliphatic carbocycles. The summed E-state index contributed by atoms with van der Waals surface area (Å²) in [6.07, 6.45) is 1.52. The number of ether oxygens (including phenoxy) is 1. The third-order valence-electron chi connectivity index (χ3n) is 4.03. The number of amides is 1. The number of aromatic nitrogens is 3. The Hall–Kier alpha value is -1.29. The van der Waals surface area contributed by atoms with Gasteiger partial charge in [-0.1, -0.05) is 11.8 Å². The highest BCUT2D eigenvalue weighted by atomic mass is 32.2. The summed E-state index contributed by atoms with van der Waals surface area (Å²) in [4.78, 5) is 28.0. The van der Waals surface area contributed by atoms with Crippen LogP contribution in [0, 0.1) is 0 Å². The molecular formula is C15H21N5O2S2. The molecule has 1 saturated heterocycles. The third-order valence-corrected chi connectivity index (χ3v) is 5.74. The Bertz CT molecular complexity index is 700. The van der Waals surface area contributed by atoms with Crippen LogP contribution >= 0.6 is 23.1 Å². The van der Waals surface area contributed by atoms with E-state index in [9.17, 15) is 4.79 Å². The molecule has 24 heavy (non-hydrogen) atoms. The summed E-state index contributed by atoms with van der Waals surface area (Å²) >= 11 is 2.87. The van der Waals surface area contributed by atoms with Gasteiger partial charge in [0, 0.05) is 25.2 Å². The summed E-state index contributed by atoms with van der Waals surface area (Å²) in [5.74, 6) is 0.325. The average Bonchev–Trinajstić information content (AvgIpc) is 3.08. The molecule has 7 nitrogen and oxygen atoms in total. The van der Waals surface area contributed by atoms with Gasteiger partial charge in [-0.15, -0.1) is 11.3 Å². The summed E-state index contributed by atoms with van der Waals surface area (Å²) in [6.45, 7) is 8.22. The fourth-order valence-electron chi connectivity index (χ4n) is 2.56. The molecule has 0 bridgehead atoms. The lowest BCUT2D eigenvalue weighted by molar-refractivity contribution is -0.119. The zero-order valence-electron chi connectivity index (χ0n) is 13.8. The molecule has 3 rings (SSSR count). The molecule has 2 aromatic rings. The second-order valence-electron chi connectivity index (χ2n) is 6.16. The van der Waals surface area contributed by atoms with Gasteiger partial charge >= 0.3 is 0 Å². The van der Waals surface area contributed by atoms with E-state index in [1.807, 2.05) is 0 Å². The number of hydrogen-bond acceptors (Lipinski definition) is 8. The zero-order chi connectivity index (χ0) is 17.0. The van der Waals surface area contributed by atoms with E-state index < -0.39 is 0 Å². The van der Waals surface area contributed by atoms with Gasteiger partial charge in [0.1, 0.15) is 21.7 Å². The van der Waals surface area contributed by atoms with Crippen molar-refractivity contribution in [2.24, 2.45) is 0 Å². The summed E-state index contributed by atoms with van der Waals surface area (Å²) in [7, 11) is 0. The van der Waals surface area contributed by atoms with Crippen LogP contribution in [0.1, 0.15) is 13.8 Å². The van der Waals surface area contributed by atoms with Crippen LogP contribution < -0.4 is 5.32 Å². The topological polar surface area (TPSA) is 80.2 Å². The van der Waals surface area contributed by atoms with E-state index in [-0.39, 0.29) is 11.4 Å². The molecule has 1 amide bonds. The highest BCUT2D eigenvalue weighted by Crippen LogP contribution is 2.25. The lowest BCUT2D eigenvalue weighted by Crippen LogP contribution is -2.55. The Balaban J connectivity index is 1.49. The maximum absolute atomic E-state index is 12.2. The number of carbonyl (C=O) groups excluding carboxylic acids is 1. The summed E-state index contributed by atoms with van der Waals surface area (Å²) in [5.41, 5.74) is 2.43. The second kappa shape index (κ2) is 7.73. The SMILES string of the molecule is CC(C)(CNC(=O)CSc1ncnc2scnc12)N1CCOCC1. The maximum atomic E-state index is 12.2. The van der Waals surface area contributed by atoms with Crippen molar-refractivity contribution in [3.63, 3.8) is 0 Å². The lowest BCUT2D eigenvalue weighted by atomic mass is 10.0. The summed E-state index contributed by atoms with van der Waals surface area (Å²) in [6, 6.07) is 0. The van der Waals surface area contributed by atoms with E-state index in [2.05, 4.69) is 39.0 Å². The monoisotopic (exact) mass is 367 g/mol. The molecule has 0 saturated carbocycles. The first-order valence-electron chi connectivity index (χ1n) is 7.83. The Morgan fingerprint density at radius 1 is 1.38 bits per heavy atom. The van der Waals surface area contributed by atoms with Crippen molar-refractivity contribution in [3.05, 3.63) is 11.8 Å². The highest BCUT2D eigenvalue weighted by Gasteiger charge is 2.28. The number of thioether (sulfide) groups is 1. The molecule has 9 heteroatoms. The first kappa shape index (κ1) is 17.5. The number of nitrogens with one attached hydrogen (secondary N) is 1. The lowest BCUT2D eigenvalue weighted by Gasteiger charge is -2.40. The molecule has 0 spiro atoms. The van der Waals surface area contributed by atoms with E-state index in [0.717, 1.165) is 41.7 Å². The molecule has 130 valence electrons. The van der Waals surface area contributed by atoms with E-state index in [1.54, 1.807) is 5.51 Å². The number of morpholine rings is 1. The molecule has 3 heterocycles. The van der Waals surface area contributed by atoms with E-state index in [0.29, 0.717) is 12.3 Å². The van der Waals surface area contributed by atoms with Gasteiger partial charge in [-0.3, -0.25) is 9.69 Å². The van der Waals surface area contributed by atoms with Crippen molar-refractivity contribution >= 4 is 39.4 Å². The van der Waals surface area contributed by atoms with Crippen molar-refractivity contribution in [1.82, 2.24) is 25.2 Å². The molecule has 0 unspecified atom stereocenters. The molecule has 0 radical (unpaired) electrons. The molecule has 0 aromatic carbocycles. The number of hydrogen-bond donors (Lipinski definition) is 1. The number of thiazole rings is 1. The third kappa shape index (κ3) is 4.21. The predicted octanol–water partition coefficient (Wildman–Crippen LogP) is 1.41. The average molecular weight is 368 g/mol.